The Labute approximate surface area is 118 Å². The van der Waals surface area contributed by atoms with Crippen molar-refractivity contribution in [2.45, 2.75) is 0 Å². The zero-order valence-corrected chi connectivity index (χ0v) is 12.8. The zero-order chi connectivity index (χ0) is 13.9. The lowest BCUT2D eigenvalue weighted by atomic mass is 10.1. The van der Waals surface area contributed by atoms with E-state index < -0.39 is 10.0 Å². The Morgan fingerprint density at radius 1 is 1.26 bits per heavy atom. The van der Waals surface area contributed by atoms with Crippen molar-refractivity contribution in [3.05, 3.63) is 0 Å². The number of hydrogen-bond donors (Lipinski definition) is 1. The Morgan fingerprint density at radius 2 is 1.89 bits per heavy atom. The van der Waals surface area contributed by atoms with E-state index in [-0.39, 0.29) is 5.91 Å². The number of rotatable bonds is 5. The van der Waals surface area contributed by atoms with Crippen molar-refractivity contribution in [2.24, 2.45) is 5.92 Å². The molecule has 2 saturated heterocycles. The number of nitrogens with one attached hydrogen (secondary N) is 1. The molecule has 1 amide bonds. The van der Waals surface area contributed by atoms with Gasteiger partial charge in [-0.05, 0) is 24.8 Å². The molecule has 2 aliphatic heterocycles. The summed E-state index contributed by atoms with van der Waals surface area (Å²) in [6.07, 6.45) is 1.22. The molecule has 6 nitrogen and oxygen atoms in total. The van der Waals surface area contributed by atoms with Gasteiger partial charge in [0.05, 0.1) is 12.0 Å². The standard InChI is InChI=1S/C11H21N3O3S2/c1-19(16,17)14-4-2-13(3-5-14)11(15)9-18-8-10-6-12-7-10/h10,12H,2-9H2,1H3. The number of piperazine rings is 1. The number of carbonyl (C=O) groups is 1. The first kappa shape index (κ1) is 15.1. The maximum atomic E-state index is 12.0. The topological polar surface area (TPSA) is 69.7 Å². The third-order valence-corrected chi connectivity index (χ3v) is 5.97. The number of hydrogen-bond acceptors (Lipinski definition) is 5. The first-order valence-corrected chi connectivity index (χ1v) is 9.48. The Balaban J connectivity index is 1.67. The lowest BCUT2D eigenvalue weighted by Crippen LogP contribution is -2.50. The minimum Gasteiger partial charge on any atom is -0.339 e. The van der Waals surface area contributed by atoms with Crippen molar-refractivity contribution < 1.29 is 13.2 Å². The zero-order valence-electron chi connectivity index (χ0n) is 11.2. The fourth-order valence-electron chi connectivity index (χ4n) is 2.14. The van der Waals surface area contributed by atoms with E-state index in [1.807, 2.05) is 0 Å². The van der Waals surface area contributed by atoms with Crippen molar-refractivity contribution >= 4 is 27.7 Å². The summed E-state index contributed by atoms with van der Waals surface area (Å²) in [7, 11) is -3.12. The van der Waals surface area contributed by atoms with E-state index >= 15 is 0 Å². The van der Waals surface area contributed by atoms with E-state index in [1.54, 1.807) is 16.7 Å². The SMILES string of the molecule is CS(=O)(=O)N1CCN(C(=O)CSCC2CNC2)CC1. The molecule has 0 radical (unpaired) electrons. The molecule has 0 aromatic heterocycles. The van der Waals surface area contributed by atoms with Gasteiger partial charge in [-0.3, -0.25) is 4.79 Å². The van der Waals surface area contributed by atoms with Crippen LogP contribution >= 0.6 is 11.8 Å². The maximum absolute atomic E-state index is 12.0. The second-order valence-electron chi connectivity index (χ2n) is 5.08. The van der Waals surface area contributed by atoms with Crippen LogP contribution in [0.2, 0.25) is 0 Å². The lowest BCUT2D eigenvalue weighted by Gasteiger charge is -2.33. The molecule has 1 N–H and O–H groups in total. The third kappa shape index (κ3) is 4.34. The predicted molar refractivity (Wildman–Crippen MR) is 76.7 cm³/mol. The molecule has 0 bridgehead atoms. The van der Waals surface area contributed by atoms with Crippen LogP contribution in [0.4, 0.5) is 0 Å². The highest BCUT2D eigenvalue weighted by molar-refractivity contribution is 7.99. The van der Waals surface area contributed by atoms with E-state index in [4.69, 9.17) is 0 Å². The smallest absolute Gasteiger partial charge is 0.232 e. The maximum Gasteiger partial charge on any atom is 0.232 e. The molecule has 0 aromatic rings. The van der Waals surface area contributed by atoms with E-state index in [1.165, 1.54) is 10.6 Å². The van der Waals surface area contributed by atoms with Gasteiger partial charge in [0.2, 0.25) is 15.9 Å². The largest absolute Gasteiger partial charge is 0.339 e. The molecule has 110 valence electrons. The van der Waals surface area contributed by atoms with Crippen molar-refractivity contribution in [3.8, 4) is 0 Å². The average molecular weight is 307 g/mol. The molecule has 0 spiro atoms. The van der Waals surface area contributed by atoms with Crippen LogP contribution in [0.3, 0.4) is 0 Å². The minimum absolute atomic E-state index is 0.130. The second-order valence-corrected chi connectivity index (χ2v) is 8.09. The quantitative estimate of drug-likeness (QED) is 0.709. The normalized spacial score (nSPS) is 22.3. The van der Waals surface area contributed by atoms with Crippen LogP contribution in [-0.4, -0.2) is 80.6 Å². The van der Waals surface area contributed by atoms with E-state index in [0.717, 1.165) is 18.8 Å². The second kappa shape index (κ2) is 6.43. The third-order valence-electron chi connectivity index (χ3n) is 3.51. The van der Waals surface area contributed by atoms with Crippen LogP contribution in [0.25, 0.3) is 0 Å². The summed E-state index contributed by atoms with van der Waals surface area (Å²) < 4.78 is 24.2. The van der Waals surface area contributed by atoms with Gasteiger partial charge in [-0.25, -0.2) is 8.42 Å². The summed E-state index contributed by atoms with van der Waals surface area (Å²) in [5.74, 6) is 2.38. The van der Waals surface area contributed by atoms with Gasteiger partial charge >= 0.3 is 0 Å². The van der Waals surface area contributed by atoms with E-state index in [9.17, 15) is 13.2 Å². The molecule has 0 aliphatic carbocycles. The van der Waals surface area contributed by atoms with Crippen molar-refractivity contribution in [1.29, 1.82) is 0 Å². The first-order valence-electron chi connectivity index (χ1n) is 6.48. The van der Waals surface area contributed by atoms with Gasteiger partial charge in [-0.2, -0.15) is 16.1 Å². The molecule has 2 heterocycles. The number of amides is 1. The molecule has 0 aromatic carbocycles. The number of thioether (sulfide) groups is 1. The Bertz CT molecular complexity index is 415. The van der Waals surface area contributed by atoms with Crippen LogP contribution in [0, 0.1) is 5.92 Å². The lowest BCUT2D eigenvalue weighted by molar-refractivity contribution is -0.129. The summed E-state index contributed by atoms with van der Waals surface area (Å²) in [6.45, 7) is 3.99. The summed E-state index contributed by atoms with van der Waals surface area (Å²) in [4.78, 5) is 13.7. The molecule has 2 aliphatic rings. The average Bonchev–Trinajstić information content (AvgIpc) is 2.31. The van der Waals surface area contributed by atoms with Crippen molar-refractivity contribution in [2.75, 3.05) is 57.0 Å². The van der Waals surface area contributed by atoms with Crippen molar-refractivity contribution in [3.63, 3.8) is 0 Å². The highest BCUT2D eigenvalue weighted by atomic mass is 32.2. The highest BCUT2D eigenvalue weighted by Gasteiger charge is 2.26. The summed E-state index contributed by atoms with van der Waals surface area (Å²) in [5, 5.41) is 3.21. The molecule has 8 heteroatoms. The van der Waals surface area contributed by atoms with Crippen LogP contribution in [0.5, 0.6) is 0 Å². The highest BCUT2D eigenvalue weighted by Crippen LogP contribution is 2.14. The molecule has 0 unspecified atom stereocenters. The van der Waals surface area contributed by atoms with Crippen LogP contribution < -0.4 is 5.32 Å². The number of sulfonamides is 1. The van der Waals surface area contributed by atoms with Crippen LogP contribution in [-0.2, 0) is 14.8 Å². The fraction of sp³-hybridized carbons (Fsp3) is 0.909. The van der Waals surface area contributed by atoms with Gasteiger partial charge in [-0.15, -0.1) is 0 Å². The van der Waals surface area contributed by atoms with Gasteiger partial charge < -0.3 is 10.2 Å². The van der Waals surface area contributed by atoms with Gasteiger partial charge in [0.15, 0.2) is 0 Å². The Hall–Kier alpha value is -0.310. The molecule has 0 saturated carbocycles. The fourth-order valence-corrected chi connectivity index (χ4v) is 4.01. The number of nitrogens with zero attached hydrogens (tertiary/aromatic N) is 2. The molecule has 19 heavy (non-hydrogen) atoms. The summed E-state index contributed by atoms with van der Waals surface area (Å²) >= 11 is 1.68. The van der Waals surface area contributed by atoms with Gasteiger partial charge in [0.25, 0.3) is 0 Å². The van der Waals surface area contributed by atoms with Gasteiger partial charge in [0.1, 0.15) is 0 Å². The minimum atomic E-state index is -3.12. The van der Waals surface area contributed by atoms with Crippen LogP contribution in [0.15, 0.2) is 0 Å². The van der Waals surface area contributed by atoms with Crippen LogP contribution in [0.1, 0.15) is 0 Å². The Kier molecular flexibility index (Phi) is 5.10. The van der Waals surface area contributed by atoms with E-state index in [0.29, 0.717) is 37.8 Å². The van der Waals surface area contributed by atoms with Gasteiger partial charge in [-0.1, -0.05) is 0 Å². The van der Waals surface area contributed by atoms with E-state index in [2.05, 4.69) is 5.32 Å². The summed E-state index contributed by atoms with van der Waals surface area (Å²) in [6, 6.07) is 0. The molecular formula is C11H21N3O3S2. The van der Waals surface area contributed by atoms with Gasteiger partial charge in [0, 0.05) is 26.2 Å². The first-order chi connectivity index (χ1) is 8.97. The molecule has 0 atom stereocenters. The summed E-state index contributed by atoms with van der Waals surface area (Å²) in [5.41, 5.74) is 0. The molecule has 2 rings (SSSR count). The monoisotopic (exact) mass is 307 g/mol. The predicted octanol–water partition coefficient (Wildman–Crippen LogP) is -0.957. The van der Waals surface area contributed by atoms with Crippen molar-refractivity contribution in [1.82, 2.24) is 14.5 Å². The Morgan fingerprint density at radius 3 is 2.37 bits per heavy atom. The number of carbonyl (C=O) groups excluding carboxylic acids is 1. The molecule has 2 fully saturated rings. The molecular weight excluding hydrogens is 286 g/mol.